The van der Waals surface area contributed by atoms with E-state index in [0.29, 0.717) is 39.4 Å². The number of hydrogen-bond donors (Lipinski definition) is 1. The smallest absolute Gasteiger partial charge is 0.242 e. The largest absolute Gasteiger partial charge is 0.494 e. The van der Waals surface area contributed by atoms with Crippen LogP contribution in [0.1, 0.15) is 45.6 Å². The van der Waals surface area contributed by atoms with Crippen molar-refractivity contribution in [1.82, 2.24) is 10.2 Å². The fourth-order valence-electron chi connectivity index (χ4n) is 2.99. The number of nitrogens with one attached hydrogen (secondary N) is 1. The molecule has 0 aliphatic carbocycles. The molecule has 2 aromatic carbocycles. The van der Waals surface area contributed by atoms with E-state index < -0.39 is 6.04 Å². The summed E-state index contributed by atoms with van der Waals surface area (Å²) >= 11 is 18.5. The van der Waals surface area contributed by atoms with Crippen LogP contribution in [-0.2, 0) is 16.1 Å². The Morgan fingerprint density at radius 3 is 2.25 bits per heavy atom. The van der Waals surface area contributed by atoms with Gasteiger partial charge in [0, 0.05) is 39.6 Å². The van der Waals surface area contributed by atoms with Crippen LogP contribution in [0.2, 0.25) is 15.1 Å². The highest BCUT2D eigenvalue weighted by Gasteiger charge is 2.27. The van der Waals surface area contributed by atoms with Crippen LogP contribution in [0.25, 0.3) is 0 Å². The van der Waals surface area contributed by atoms with Crippen molar-refractivity contribution in [1.29, 1.82) is 0 Å². The van der Waals surface area contributed by atoms with E-state index in [1.165, 1.54) is 4.90 Å². The molecule has 0 fully saturated rings. The number of halogens is 3. The zero-order chi connectivity index (χ0) is 23.7. The lowest BCUT2D eigenvalue weighted by molar-refractivity contribution is -0.141. The minimum atomic E-state index is -0.680. The standard InChI is InChI=1S/C24H29Cl3N2O3/c1-4-16(2)28-24(31)17(3)29(15-20-21(26)7-5-8-22(20)27)23(30)9-6-14-32-19-12-10-18(25)11-13-19/h5,7-8,10-13,16-17H,4,6,9,14-15H2,1-3H3,(H,28,31)/t16-,17-/m0/s1. The first-order valence-electron chi connectivity index (χ1n) is 10.6. The summed E-state index contributed by atoms with van der Waals surface area (Å²) in [6.45, 7) is 6.13. The maximum absolute atomic E-state index is 13.1. The van der Waals surface area contributed by atoms with Gasteiger partial charge in [0.25, 0.3) is 0 Å². The number of hydrogen-bond acceptors (Lipinski definition) is 3. The van der Waals surface area contributed by atoms with Crippen LogP contribution in [0.4, 0.5) is 0 Å². The van der Waals surface area contributed by atoms with Crippen molar-refractivity contribution in [3.63, 3.8) is 0 Å². The third-order valence-corrected chi connectivity index (χ3v) is 6.14. The molecule has 5 nitrogen and oxygen atoms in total. The van der Waals surface area contributed by atoms with Crippen LogP contribution in [0, 0.1) is 0 Å². The summed E-state index contributed by atoms with van der Waals surface area (Å²) in [6, 6.07) is 11.6. The zero-order valence-electron chi connectivity index (χ0n) is 18.5. The summed E-state index contributed by atoms with van der Waals surface area (Å²) in [4.78, 5) is 27.4. The molecule has 0 spiro atoms. The molecule has 0 saturated heterocycles. The van der Waals surface area contributed by atoms with Gasteiger partial charge in [0.1, 0.15) is 11.8 Å². The van der Waals surface area contributed by atoms with E-state index in [2.05, 4.69) is 5.32 Å². The Morgan fingerprint density at radius 2 is 1.66 bits per heavy atom. The summed E-state index contributed by atoms with van der Waals surface area (Å²) < 4.78 is 5.67. The molecule has 1 N–H and O–H groups in total. The second kappa shape index (κ2) is 12.9. The van der Waals surface area contributed by atoms with Crippen LogP contribution in [-0.4, -0.2) is 35.4 Å². The lowest BCUT2D eigenvalue weighted by atomic mass is 10.1. The third kappa shape index (κ3) is 7.88. The highest BCUT2D eigenvalue weighted by atomic mass is 35.5. The number of amides is 2. The van der Waals surface area contributed by atoms with Crippen LogP contribution >= 0.6 is 34.8 Å². The number of rotatable bonds is 11. The van der Waals surface area contributed by atoms with E-state index in [1.807, 2.05) is 13.8 Å². The molecule has 2 atom stereocenters. The summed E-state index contributed by atoms with van der Waals surface area (Å²) in [5, 5.41) is 4.48. The van der Waals surface area contributed by atoms with Crippen LogP contribution < -0.4 is 10.1 Å². The molecule has 0 unspecified atom stereocenters. The van der Waals surface area contributed by atoms with E-state index in [0.717, 1.165) is 6.42 Å². The van der Waals surface area contributed by atoms with Crippen LogP contribution in [0.3, 0.4) is 0 Å². The Morgan fingerprint density at radius 1 is 1.03 bits per heavy atom. The number of nitrogens with zero attached hydrogens (tertiary/aromatic N) is 1. The van der Waals surface area contributed by atoms with Gasteiger partial charge in [-0.15, -0.1) is 0 Å². The van der Waals surface area contributed by atoms with E-state index in [1.54, 1.807) is 49.4 Å². The molecule has 2 rings (SSSR count). The quantitative estimate of drug-likeness (QED) is 0.378. The van der Waals surface area contributed by atoms with Crippen molar-refractivity contribution < 1.29 is 14.3 Å². The topological polar surface area (TPSA) is 58.6 Å². The van der Waals surface area contributed by atoms with Gasteiger partial charge in [0.15, 0.2) is 0 Å². The Bertz CT molecular complexity index is 886. The molecule has 32 heavy (non-hydrogen) atoms. The second-order valence-electron chi connectivity index (χ2n) is 7.62. The molecule has 8 heteroatoms. The molecule has 0 aromatic heterocycles. The van der Waals surface area contributed by atoms with Crippen molar-refractivity contribution in [2.24, 2.45) is 0 Å². The average molecular weight is 500 g/mol. The van der Waals surface area contributed by atoms with E-state index in [4.69, 9.17) is 39.5 Å². The highest BCUT2D eigenvalue weighted by molar-refractivity contribution is 6.36. The molecule has 0 radical (unpaired) electrons. The van der Waals surface area contributed by atoms with Gasteiger partial charge in [-0.25, -0.2) is 0 Å². The van der Waals surface area contributed by atoms with Gasteiger partial charge in [-0.05, 0) is 63.1 Å². The van der Waals surface area contributed by atoms with Gasteiger partial charge in [0.2, 0.25) is 11.8 Å². The minimum absolute atomic E-state index is 0.0126. The van der Waals surface area contributed by atoms with E-state index in [-0.39, 0.29) is 30.8 Å². The number of ether oxygens (including phenoxy) is 1. The van der Waals surface area contributed by atoms with Crippen molar-refractivity contribution in [3.8, 4) is 5.75 Å². The molecule has 0 saturated carbocycles. The number of carbonyl (C=O) groups excluding carboxylic acids is 2. The van der Waals surface area contributed by atoms with Gasteiger partial charge in [-0.3, -0.25) is 9.59 Å². The molecule has 0 bridgehead atoms. The summed E-state index contributed by atoms with van der Waals surface area (Å²) in [5.74, 6) is 0.295. The zero-order valence-corrected chi connectivity index (χ0v) is 20.8. The Balaban J connectivity index is 2.07. The maximum Gasteiger partial charge on any atom is 0.242 e. The minimum Gasteiger partial charge on any atom is -0.494 e. The molecule has 2 aromatic rings. The normalized spacial score (nSPS) is 12.7. The van der Waals surface area contributed by atoms with E-state index in [9.17, 15) is 9.59 Å². The van der Waals surface area contributed by atoms with Gasteiger partial charge < -0.3 is 15.0 Å². The van der Waals surface area contributed by atoms with Crippen LogP contribution in [0.5, 0.6) is 5.75 Å². The van der Waals surface area contributed by atoms with Gasteiger partial charge in [-0.2, -0.15) is 0 Å². The summed E-state index contributed by atoms with van der Waals surface area (Å²) in [6.07, 6.45) is 1.51. The summed E-state index contributed by atoms with van der Waals surface area (Å²) in [5.41, 5.74) is 0.616. The van der Waals surface area contributed by atoms with Gasteiger partial charge in [-0.1, -0.05) is 47.8 Å². The van der Waals surface area contributed by atoms with Crippen molar-refractivity contribution in [3.05, 3.63) is 63.1 Å². The monoisotopic (exact) mass is 498 g/mol. The first-order chi connectivity index (χ1) is 15.2. The molecular weight excluding hydrogens is 471 g/mol. The predicted octanol–water partition coefficient (Wildman–Crippen LogP) is 6.14. The van der Waals surface area contributed by atoms with E-state index >= 15 is 0 Å². The molecule has 2 amide bonds. The highest BCUT2D eigenvalue weighted by Crippen LogP contribution is 2.27. The molecular formula is C24H29Cl3N2O3. The lowest BCUT2D eigenvalue weighted by Crippen LogP contribution is -2.49. The number of carbonyl (C=O) groups is 2. The molecule has 0 aliphatic heterocycles. The first kappa shape index (κ1) is 26.3. The Labute approximate surface area is 205 Å². The third-order valence-electron chi connectivity index (χ3n) is 5.18. The molecule has 174 valence electrons. The first-order valence-corrected chi connectivity index (χ1v) is 11.8. The number of benzene rings is 2. The van der Waals surface area contributed by atoms with Crippen molar-refractivity contribution in [2.75, 3.05) is 6.61 Å². The SMILES string of the molecule is CC[C@H](C)NC(=O)[C@H](C)N(Cc1c(Cl)cccc1Cl)C(=O)CCCOc1ccc(Cl)cc1. The van der Waals surface area contributed by atoms with Crippen LogP contribution in [0.15, 0.2) is 42.5 Å². The lowest BCUT2D eigenvalue weighted by Gasteiger charge is -2.30. The van der Waals surface area contributed by atoms with Crippen molar-refractivity contribution >= 4 is 46.6 Å². The average Bonchev–Trinajstić information content (AvgIpc) is 2.77. The van der Waals surface area contributed by atoms with Gasteiger partial charge >= 0.3 is 0 Å². The summed E-state index contributed by atoms with van der Waals surface area (Å²) in [7, 11) is 0. The maximum atomic E-state index is 13.1. The fourth-order valence-corrected chi connectivity index (χ4v) is 3.63. The second-order valence-corrected chi connectivity index (χ2v) is 8.87. The Kier molecular flexibility index (Phi) is 10.6. The Hall–Kier alpha value is -1.95. The fraction of sp³-hybridized carbons (Fsp3) is 0.417. The van der Waals surface area contributed by atoms with Crippen molar-refractivity contribution in [2.45, 2.75) is 58.7 Å². The molecule has 0 aliphatic rings. The molecule has 0 heterocycles. The van der Waals surface area contributed by atoms with Gasteiger partial charge in [0.05, 0.1) is 6.61 Å². The predicted molar refractivity (Wildman–Crippen MR) is 131 cm³/mol.